The molecule has 0 aliphatic carbocycles. The molecule has 28 heavy (non-hydrogen) atoms. The Kier molecular flexibility index (Phi) is 5.38. The zero-order valence-corrected chi connectivity index (χ0v) is 16.4. The van der Waals surface area contributed by atoms with Gasteiger partial charge in [-0.2, -0.15) is 0 Å². The van der Waals surface area contributed by atoms with Gasteiger partial charge in [0, 0.05) is 25.3 Å². The van der Waals surface area contributed by atoms with Crippen molar-refractivity contribution in [1.82, 2.24) is 4.90 Å². The van der Waals surface area contributed by atoms with E-state index in [2.05, 4.69) is 35.2 Å². The first-order valence-corrected chi connectivity index (χ1v) is 10.1. The standard InChI is InChI=1S/C23H28N2O3/c1-18-22(27)25(20-7-9-21(26)10-8-20)17-23(28-18)12-15-24(16-13-23)14-11-19-5-3-2-4-6-19/h2-10,18,26H,11-17H2,1H3. The summed E-state index contributed by atoms with van der Waals surface area (Å²) in [6.45, 7) is 5.44. The Morgan fingerprint density at radius 1 is 1.07 bits per heavy atom. The number of phenols is 1. The van der Waals surface area contributed by atoms with Crippen LogP contribution in [0.15, 0.2) is 54.6 Å². The van der Waals surface area contributed by atoms with Crippen LogP contribution < -0.4 is 4.90 Å². The summed E-state index contributed by atoms with van der Waals surface area (Å²) in [5.41, 5.74) is 1.91. The van der Waals surface area contributed by atoms with Gasteiger partial charge in [-0.3, -0.25) is 4.79 Å². The minimum absolute atomic E-state index is 0.0113. The number of carbonyl (C=O) groups excluding carboxylic acids is 1. The van der Waals surface area contributed by atoms with Crippen molar-refractivity contribution in [2.75, 3.05) is 31.1 Å². The van der Waals surface area contributed by atoms with E-state index in [9.17, 15) is 9.90 Å². The van der Waals surface area contributed by atoms with E-state index in [0.717, 1.165) is 44.6 Å². The van der Waals surface area contributed by atoms with Gasteiger partial charge in [-0.25, -0.2) is 0 Å². The number of rotatable bonds is 4. The van der Waals surface area contributed by atoms with Crippen molar-refractivity contribution < 1.29 is 14.6 Å². The molecule has 1 atom stereocenters. The number of aromatic hydroxyl groups is 1. The number of amides is 1. The maximum Gasteiger partial charge on any atom is 0.255 e. The molecule has 0 saturated carbocycles. The summed E-state index contributed by atoms with van der Waals surface area (Å²) in [6.07, 6.45) is 2.46. The molecule has 4 rings (SSSR count). The van der Waals surface area contributed by atoms with Crippen molar-refractivity contribution in [2.24, 2.45) is 0 Å². The van der Waals surface area contributed by atoms with E-state index in [0.29, 0.717) is 6.54 Å². The lowest BCUT2D eigenvalue weighted by atomic mass is 9.88. The molecule has 2 aliphatic rings. The Morgan fingerprint density at radius 3 is 2.43 bits per heavy atom. The van der Waals surface area contributed by atoms with Crippen LogP contribution in [0.5, 0.6) is 5.75 Å². The summed E-state index contributed by atoms with van der Waals surface area (Å²) < 4.78 is 6.25. The van der Waals surface area contributed by atoms with E-state index in [1.807, 2.05) is 11.8 Å². The molecule has 5 heteroatoms. The molecule has 2 saturated heterocycles. The van der Waals surface area contributed by atoms with E-state index < -0.39 is 6.10 Å². The molecule has 0 bridgehead atoms. The van der Waals surface area contributed by atoms with Crippen molar-refractivity contribution in [2.45, 2.75) is 37.9 Å². The van der Waals surface area contributed by atoms with Gasteiger partial charge in [0.05, 0.1) is 12.1 Å². The van der Waals surface area contributed by atoms with Crippen LogP contribution in [0.3, 0.4) is 0 Å². The Balaban J connectivity index is 1.39. The number of piperidine rings is 1. The molecule has 1 amide bonds. The summed E-state index contributed by atoms with van der Waals surface area (Å²) in [4.78, 5) is 17.0. The summed E-state index contributed by atoms with van der Waals surface area (Å²) in [5.74, 6) is 0.196. The van der Waals surface area contributed by atoms with Gasteiger partial charge in [-0.05, 0) is 56.0 Å². The quantitative estimate of drug-likeness (QED) is 0.885. The molecule has 1 N–H and O–H groups in total. The molecule has 2 fully saturated rings. The van der Waals surface area contributed by atoms with Crippen LogP contribution in [0.25, 0.3) is 0 Å². The highest BCUT2D eigenvalue weighted by Gasteiger charge is 2.45. The average molecular weight is 380 g/mol. The maximum absolute atomic E-state index is 12.7. The van der Waals surface area contributed by atoms with Crippen molar-refractivity contribution in [3.05, 3.63) is 60.2 Å². The fourth-order valence-electron chi connectivity index (χ4n) is 4.29. The molecule has 148 valence electrons. The summed E-state index contributed by atoms with van der Waals surface area (Å²) in [5, 5.41) is 9.54. The van der Waals surface area contributed by atoms with Crippen molar-refractivity contribution >= 4 is 11.6 Å². The van der Waals surface area contributed by atoms with Gasteiger partial charge in [0.15, 0.2) is 0 Å². The molecule has 2 aromatic rings. The fraction of sp³-hybridized carbons (Fsp3) is 0.435. The van der Waals surface area contributed by atoms with Crippen molar-refractivity contribution in [3.8, 4) is 5.75 Å². The van der Waals surface area contributed by atoms with E-state index in [-0.39, 0.29) is 17.3 Å². The molecule has 1 spiro atoms. The molecular formula is C23H28N2O3. The van der Waals surface area contributed by atoms with Crippen LogP contribution in [0.2, 0.25) is 0 Å². The molecule has 1 unspecified atom stereocenters. The van der Waals surface area contributed by atoms with E-state index in [4.69, 9.17) is 4.74 Å². The Labute approximate surface area is 166 Å². The number of nitrogens with zero attached hydrogens (tertiary/aromatic N) is 2. The highest BCUT2D eigenvalue weighted by atomic mass is 16.5. The number of benzene rings is 2. The van der Waals surface area contributed by atoms with E-state index in [1.54, 1.807) is 24.3 Å². The largest absolute Gasteiger partial charge is 0.508 e. The van der Waals surface area contributed by atoms with Crippen molar-refractivity contribution in [1.29, 1.82) is 0 Å². The van der Waals surface area contributed by atoms with Crippen LogP contribution in [0.1, 0.15) is 25.3 Å². The lowest BCUT2D eigenvalue weighted by molar-refractivity contribution is -0.161. The third-order valence-corrected chi connectivity index (χ3v) is 5.98. The molecule has 0 aromatic heterocycles. The number of anilines is 1. The summed E-state index contributed by atoms with van der Waals surface area (Å²) in [6, 6.07) is 17.4. The number of carbonyl (C=O) groups is 1. The first-order valence-electron chi connectivity index (χ1n) is 10.1. The number of hydrogen-bond donors (Lipinski definition) is 1. The topological polar surface area (TPSA) is 53.0 Å². The van der Waals surface area contributed by atoms with E-state index in [1.165, 1.54) is 5.56 Å². The second-order valence-corrected chi connectivity index (χ2v) is 7.96. The highest BCUT2D eigenvalue weighted by molar-refractivity contribution is 5.97. The zero-order chi connectivity index (χ0) is 19.6. The minimum Gasteiger partial charge on any atom is -0.508 e. The molecular weight excluding hydrogens is 352 g/mol. The van der Waals surface area contributed by atoms with Crippen LogP contribution in [0, 0.1) is 0 Å². The number of phenolic OH excluding ortho intramolecular Hbond substituents is 1. The normalized spacial score (nSPS) is 22.5. The monoisotopic (exact) mass is 380 g/mol. The molecule has 0 radical (unpaired) electrons. The lowest BCUT2D eigenvalue weighted by Crippen LogP contribution is -2.61. The van der Waals surface area contributed by atoms with Crippen LogP contribution in [-0.4, -0.2) is 53.8 Å². The SMILES string of the molecule is CC1OC2(CCN(CCc3ccccc3)CC2)CN(c2ccc(O)cc2)C1=O. The first-order chi connectivity index (χ1) is 13.5. The predicted molar refractivity (Wildman–Crippen MR) is 110 cm³/mol. The molecule has 5 nitrogen and oxygen atoms in total. The number of ether oxygens (including phenoxy) is 1. The fourth-order valence-corrected chi connectivity index (χ4v) is 4.29. The summed E-state index contributed by atoms with van der Waals surface area (Å²) in [7, 11) is 0. The summed E-state index contributed by atoms with van der Waals surface area (Å²) >= 11 is 0. The van der Waals surface area contributed by atoms with Gasteiger partial charge < -0.3 is 19.6 Å². The van der Waals surface area contributed by atoms with Crippen LogP contribution in [-0.2, 0) is 16.0 Å². The van der Waals surface area contributed by atoms with Gasteiger partial charge in [0.2, 0.25) is 0 Å². The number of likely N-dealkylation sites (tertiary alicyclic amines) is 1. The van der Waals surface area contributed by atoms with Gasteiger partial charge in [-0.15, -0.1) is 0 Å². The second-order valence-electron chi connectivity index (χ2n) is 7.96. The molecule has 2 heterocycles. The minimum atomic E-state index is -0.446. The van der Waals surface area contributed by atoms with E-state index >= 15 is 0 Å². The third-order valence-electron chi connectivity index (χ3n) is 5.98. The van der Waals surface area contributed by atoms with Gasteiger partial charge >= 0.3 is 0 Å². The highest BCUT2D eigenvalue weighted by Crippen LogP contribution is 2.35. The number of morpholine rings is 1. The lowest BCUT2D eigenvalue weighted by Gasteiger charge is -2.49. The van der Waals surface area contributed by atoms with Gasteiger partial charge in [-0.1, -0.05) is 30.3 Å². The molecule has 2 aromatic carbocycles. The third kappa shape index (κ3) is 4.05. The van der Waals surface area contributed by atoms with Gasteiger partial charge in [0.1, 0.15) is 11.9 Å². The van der Waals surface area contributed by atoms with Crippen molar-refractivity contribution in [3.63, 3.8) is 0 Å². The Hall–Kier alpha value is -2.37. The van der Waals surface area contributed by atoms with Crippen LogP contribution in [0.4, 0.5) is 5.69 Å². The Morgan fingerprint density at radius 2 is 1.75 bits per heavy atom. The smallest absolute Gasteiger partial charge is 0.255 e. The van der Waals surface area contributed by atoms with Gasteiger partial charge in [0.25, 0.3) is 5.91 Å². The molecule has 2 aliphatic heterocycles. The Bertz CT molecular complexity index is 798. The maximum atomic E-state index is 12.7. The van der Waals surface area contributed by atoms with Crippen LogP contribution >= 0.6 is 0 Å². The zero-order valence-electron chi connectivity index (χ0n) is 16.4. The predicted octanol–water partition coefficient (Wildman–Crippen LogP) is 3.22. The number of hydrogen-bond acceptors (Lipinski definition) is 4. The second kappa shape index (κ2) is 7.94. The average Bonchev–Trinajstić information content (AvgIpc) is 2.72. The first kappa shape index (κ1) is 19.0.